The van der Waals surface area contributed by atoms with Gasteiger partial charge in [-0.25, -0.2) is 0 Å². The van der Waals surface area contributed by atoms with Crippen LogP contribution < -0.4 is 24.8 Å². The third-order valence-electron chi connectivity index (χ3n) is 5.09. The molecule has 160 valence electrons. The van der Waals surface area contributed by atoms with Crippen LogP contribution in [0.4, 0.5) is 0 Å². The molecule has 4 heteroatoms. The molecule has 32 heavy (non-hydrogen) atoms. The average Bonchev–Trinajstić information content (AvgIpc) is 3.43. The molecule has 0 N–H and O–H groups in total. The largest absolute Gasteiger partial charge is 1.00 e. The van der Waals surface area contributed by atoms with Crippen molar-refractivity contribution >= 4 is 48.6 Å². The molecule has 0 nitrogen and oxygen atoms in total. The first-order chi connectivity index (χ1) is 14.6. The van der Waals surface area contributed by atoms with Crippen molar-refractivity contribution in [3.05, 3.63) is 109 Å². The Balaban J connectivity index is 0.000000185. The van der Waals surface area contributed by atoms with Crippen LogP contribution in [-0.4, -0.2) is 5.49 Å². The Hall–Kier alpha value is -1.71. The van der Waals surface area contributed by atoms with Crippen molar-refractivity contribution < 1.29 is 47.8 Å². The van der Waals surface area contributed by atoms with Crippen LogP contribution in [0.2, 0.25) is 13.1 Å². The molecule has 6 rings (SSSR count). The van der Waals surface area contributed by atoms with Crippen LogP contribution >= 0.6 is 0 Å². The zero-order valence-corrected chi connectivity index (χ0v) is 24.3. The average molecular weight is 638 g/mol. The second-order valence-electron chi connectivity index (χ2n) is 7.63. The summed E-state index contributed by atoms with van der Waals surface area (Å²) in [6, 6.07) is 38.6. The minimum atomic E-state index is 0. The smallest absolute Gasteiger partial charge is 0.0370 e. The van der Waals surface area contributed by atoms with Gasteiger partial charge in [0, 0.05) is 0 Å². The van der Waals surface area contributed by atoms with Crippen molar-refractivity contribution in [3.8, 4) is 0 Å². The summed E-state index contributed by atoms with van der Waals surface area (Å²) < 4.78 is 0. The van der Waals surface area contributed by atoms with Gasteiger partial charge in [0.25, 0.3) is 0 Å². The molecule has 0 heterocycles. The van der Waals surface area contributed by atoms with Crippen LogP contribution in [0.1, 0.15) is 0 Å². The maximum absolute atomic E-state index is 2.33. The van der Waals surface area contributed by atoms with Crippen LogP contribution in [0.25, 0.3) is 43.1 Å². The van der Waals surface area contributed by atoms with Gasteiger partial charge in [-0.3, -0.25) is 0 Å². The van der Waals surface area contributed by atoms with Crippen molar-refractivity contribution in [2.45, 2.75) is 13.1 Å². The van der Waals surface area contributed by atoms with Crippen LogP contribution in [0.5, 0.6) is 0 Å². The zero-order chi connectivity index (χ0) is 20.9. The van der Waals surface area contributed by atoms with Gasteiger partial charge in [0.15, 0.2) is 0 Å². The predicted octanol–water partition coefficient (Wildman–Crippen LogP) is 2.22. The molecule has 0 bridgehead atoms. The Morgan fingerprint density at radius 1 is 0.531 bits per heavy atom. The molecule has 0 aliphatic heterocycles. The summed E-state index contributed by atoms with van der Waals surface area (Å²) in [5.74, 6) is 0. The van der Waals surface area contributed by atoms with E-state index in [-0.39, 0.29) is 30.3 Å². The molecular weight excluding hydrogens is 614 g/mol. The van der Waals surface area contributed by atoms with Crippen LogP contribution in [0.15, 0.2) is 109 Å². The van der Waals surface area contributed by atoms with Gasteiger partial charge < -0.3 is 24.8 Å². The number of hydrogen-bond donors (Lipinski definition) is 0. The monoisotopic (exact) mass is 638 g/mol. The van der Waals surface area contributed by atoms with Gasteiger partial charge in [-0.05, 0) is 10.8 Å². The quantitative estimate of drug-likeness (QED) is 0.177. The number of benzene rings is 4. The van der Waals surface area contributed by atoms with Gasteiger partial charge in [0.1, 0.15) is 0 Å². The van der Waals surface area contributed by atoms with E-state index in [0.29, 0.717) is 0 Å². The van der Waals surface area contributed by atoms with Crippen LogP contribution in [0, 0.1) is 0 Å². The first-order valence-electron chi connectivity index (χ1n) is 10.2. The summed E-state index contributed by atoms with van der Waals surface area (Å²) in [4.78, 5) is 0. The summed E-state index contributed by atoms with van der Waals surface area (Å²) >= 11 is 1.45. The molecule has 0 unspecified atom stereocenters. The molecule has 0 saturated carbocycles. The molecule has 0 aromatic heterocycles. The fourth-order valence-electron chi connectivity index (χ4n) is 3.78. The van der Waals surface area contributed by atoms with E-state index in [4.69, 9.17) is 0 Å². The predicted molar refractivity (Wildman–Crippen MR) is 132 cm³/mol. The van der Waals surface area contributed by atoms with Gasteiger partial charge in [-0.2, -0.15) is 24.3 Å². The van der Waals surface area contributed by atoms with Crippen molar-refractivity contribution in [2.75, 3.05) is 0 Å². The summed E-state index contributed by atoms with van der Waals surface area (Å²) in [6.07, 6.45) is 0. The van der Waals surface area contributed by atoms with E-state index in [1.807, 2.05) is 0 Å². The summed E-state index contributed by atoms with van der Waals surface area (Å²) in [5, 5.41) is 10.7. The Morgan fingerprint density at radius 2 is 0.906 bits per heavy atom. The number of halogens is 2. The van der Waals surface area contributed by atoms with Gasteiger partial charge in [0.05, 0.1) is 0 Å². The normalized spacial score (nSPS) is 9.88. The molecule has 6 aromatic rings. The van der Waals surface area contributed by atoms with Crippen LogP contribution in [0.3, 0.4) is 0 Å². The van der Waals surface area contributed by atoms with Gasteiger partial charge in [-0.15, -0.1) is 45.8 Å². The second kappa shape index (κ2) is 12.5. The summed E-state index contributed by atoms with van der Waals surface area (Å²) in [5.41, 5.74) is 0.259. The summed E-state index contributed by atoms with van der Waals surface area (Å²) in [6.45, 7) is 4.66. The molecule has 0 aliphatic carbocycles. The molecule has 0 aliphatic rings. The molecule has 6 aromatic carbocycles. The third-order valence-corrected chi connectivity index (χ3v) is 5.09. The third kappa shape index (κ3) is 6.20. The van der Waals surface area contributed by atoms with E-state index >= 15 is 0 Å². The van der Waals surface area contributed by atoms with E-state index in [1.165, 1.54) is 66.1 Å². The van der Waals surface area contributed by atoms with Crippen molar-refractivity contribution in [1.29, 1.82) is 0 Å². The Kier molecular flexibility index (Phi) is 10.4. The fraction of sp³-hybridized carbons (Fsp3) is 0.0714. The Bertz CT molecular complexity index is 1340. The van der Waals surface area contributed by atoms with Crippen molar-refractivity contribution in [3.63, 3.8) is 0 Å². The maximum atomic E-state index is 2.33. The molecule has 0 radical (unpaired) electrons. The minimum Gasteiger partial charge on any atom is -1.00 e. The SMILES string of the molecule is C[Si](C)=[Hf+2].[Cl-].[Cl-].c1ccc2c(c1)ccc1[cH-]ccc12.c1ccc2c(c1)ccc1[cH-]ccc12. The van der Waals surface area contributed by atoms with Gasteiger partial charge >= 0.3 is 41.6 Å². The van der Waals surface area contributed by atoms with Gasteiger partial charge in [-0.1, -0.05) is 71.4 Å². The van der Waals surface area contributed by atoms with Crippen LogP contribution in [-0.2, 0) is 23.0 Å². The first-order valence-corrected chi connectivity index (χ1v) is 18.1. The maximum Gasteiger partial charge on any atom is -0.0370 e. The van der Waals surface area contributed by atoms with E-state index in [2.05, 4.69) is 122 Å². The summed E-state index contributed by atoms with van der Waals surface area (Å²) in [7, 11) is 0. The topological polar surface area (TPSA) is 0 Å². The zero-order valence-electron chi connectivity index (χ0n) is 18.1. The van der Waals surface area contributed by atoms with Crippen molar-refractivity contribution in [1.82, 2.24) is 0 Å². The van der Waals surface area contributed by atoms with E-state index < -0.39 is 0 Å². The number of rotatable bonds is 0. The Morgan fingerprint density at radius 3 is 1.31 bits per heavy atom. The molecule has 0 atom stereocenters. The number of fused-ring (bicyclic) bond motifs is 6. The molecule has 0 spiro atoms. The fourth-order valence-corrected chi connectivity index (χ4v) is 3.78. The van der Waals surface area contributed by atoms with E-state index in [0.717, 1.165) is 0 Å². The second-order valence-corrected chi connectivity index (χ2v) is 20.4. The minimum absolute atomic E-state index is 0. The van der Waals surface area contributed by atoms with E-state index in [1.54, 1.807) is 0 Å². The molecule has 0 saturated heterocycles. The molecular formula is C28H24Cl2HfSi-2. The van der Waals surface area contributed by atoms with Crippen molar-refractivity contribution in [2.24, 2.45) is 0 Å². The molecule has 0 amide bonds. The Labute approximate surface area is 217 Å². The number of hydrogen-bond acceptors (Lipinski definition) is 0. The molecule has 0 fully saturated rings. The first kappa shape index (κ1) is 26.5. The van der Waals surface area contributed by atoms with E-state index in [9.17, 15) is 0 Å². The van der Waals surface area contributed by atoms with Gasteiger partial charge in [0.2, 0.25) is 0 Å². The standard InChI is InChI=1S/2C13H9.C2H6Si.2ClH.Hf/c2*1-2-6-12-10(4-1)8-9-11-5-3-7-13(11)12;1-3-2;;;/h2*1-9H;1-2H3;2*1H;/q2*-1;;;;+2/p-2.